The van der Waals surface area contributed by atoms with Crippen molar-refractivity contribution in [2.24, 2.45) is 5.92 Å². The molecule has 1 unspecified atom stereocenters. The standard InChI is InChI=1S/C13H20N2O2/c16-9-10-1-4-15-12(7-10)8-14-13(15)11-2-5-17-6-3-11/h8,10-11,16H,1-7,9H2. The predicted molar refractivity (Wildman–Crippen MR) is 63.9 cm³/mol. The van der Waals surface area contributed by atoms with Crippen LogP contribution in [0.15, 0.2) is 6.20 Å². The maximum Gasteiger partial charge on any atom is 0.112 e. The van der Waals surface area contributed by atoms with Gasteiger partial charge in [-0.2, -0.15) is 0 Å². The first-order valence-electron chi connectivity index (χ1n) is 6.61. The number of aliphatic hydroxyl groups is 1. The number of imidazole rings is 1. The van der Waals surface area contributed by atoms with Crippen LogP contribution >= 0.6 is 0 Å². The Balaban J connectivity index is 1.80. The first-order valence-corrected chi connectivity index (χ1v) is 6.61. The van der Waals surface area contributed by atoms with Gasteiger partial charge in [-0.3, -0.25) is 0 Å². The maximum atomic E-state index is 9.23. The second-order valence-corrected chi connectivity index (χ2v) is 5.19. The van der Waals surface area contributed by atoms with Crippen molar-refractivity contribution in [1.29, 1.82) is 0 Å². The Kier molecular flexibility index (Phi) is 3.16. The third-order valence-corrected chi connectivity index (χ3v) is 4.07. The van der Waals surface area contributed by atoms with E-state index in [0.29, 0.717) is 18.4 Å². The van der Waals surface area contributed by atoms with Crippen molar-refractivity contribution in [3.05, 3.63) is 17.7 Å². The van der Waals surface area contributed by atoms with Crippen molar-refractivity contribution >= 4 is 0 Å². The third-order valence-electron chi connectivity index (χ3n) is 4.07. The molecule has 0 spiro atoms. The second-order valence-electron chi connectivity index (χ2n) is 5.19. The molecule has 3 rings (SSSR count). The number of hydrogen-bond acceptors (Lipinski definition) is 3. The highest BCUT2D eigenvalue weighted by molar-refractivity contribution is 5.12. The molecule has 94 valence electrons. The lowest BCUT2D eigenvalue weighted by atomic mass is 9.95. The molecule has 1 aromatic rings. The minimum atomic E-state index is 0.303. The topological polar surface area (TPSA) is 47.3 Å². The molecule has 0 bridgehead atoms. The Morgan fingerprint density at radius 3 is 2.94 bits per heavy atom. The van der Waals surface area contributed by atoms with Crippen LogP contribution in [-0.2, 0) is 17.7 Å². The van der Waals surface area contributed by atoms with Crippen LogP contribution in [-0.4, -0.2) is 34.5 Å². The highest BCUT2D eigenvalue weighted by atomic mass is 16.5. The van der Waals surface area contributed by atoms with Gasteiger partial charge in [-0.15, -0.1) is 0 Å². The van der Waals surface area contributed by atoms with E-state index >= 15 is 0 Å². The van der Waals surface area contributed by atoms with E-state index in [1.165, 1.54) is 11.5 Å². The molecular formula is C13H20N2O2. The molecule has 0 radical (unpaired) electrons. The average molecular weight is 236 g/mol. The molecule has 1 N–H and O–H groups in total. The fraction of sp³-hybridized carbons (Fsp3) is 0.769. The van der Waals surface area contributed by atoms with E-state index in [2.05, 4.69) is 9.55 Å². The second kappa shape index (κ2) is 4.78. The van der Waals surface area contributed by atoms with Crippen LogP contribution in [0.4, 0.5) is 0 Å². The largest absolute Gasteiger partial charge is 0.396 e. The van der Waals surface area contributed by atoms with Crippen molar-refractivity contribution in [1.82, 2.24) is 9.55 Å². The Morgan fingerprint density at radius 2 is 2.18 bits per heavy atom. The molecule has 0 aliphatic carbocycles. The predicted octanol–water partition coefficient (Wildman–Crippen LogP) is 1.33. The number of ether oxygens (including phenoxy) is 1. The van der Waals surface area contributed by atoms with E-state index in [1.54, 1.807) is 0 Å². The van der Waals surface area contributed by atoms with Gasteiger partial charge in [0.15, 0.2) is 0 Å². The van der Waals surface area contributed by atoms with Crippen LogP contribution in [0.25, 0.3) is 0 Å². The summed E-state index contributed by atoms with van der Waals surface area (Å²) in [6.07, 6.45) is 6.26. The van der Waals surface area contributed by atoms with Gasteiger partial charge in [0.25, 0.3) is 0 Å². The molecule has 4 heteroatoms. The molecule has 1 saturated heterocycles. The van der Waals surface area contributed by atoms with Crippen molar-refractivity contribution in [2.45, 2.75) is 38.1 Å². The first kappa shape index (κ1) is 11.2. The molecule has 3 heterocycles. The number of fused-ring (bicyclic) bond motifs is 1. The van der Waals surface area contributed by atoms with Crippen molar-refractivity contribution < 1.29 is 9.84 Å². The summed E-state index contributed by atoms with van der Waals surface area (Å²) in [5.41, 5.74) is 1.30. The van der Waals surface area contributed by atoms with Crippen LogP contribution in [0.3, 0.4) is 0 Å². The lowest BCUT2D eigenvalue weighted by Gasteiger charge is -2.27. The zero-order valence-electron chi connectivity index (χ0n) is 10.1. The molecule has 2 aliphatic rings. The summed E-state index contributed by atoms with van der Waals surface area (Å²) in [7, 11) is 0. The van der Waals surface area contributed by atoms with E-state index in [4.69, 9.17) is 4.74 Å². The maximum absolute atomic E-state index is 9.23. The highest BCUT2D eigenvalue weighted by Crippen LogP contribution is 2.30. The highest BCUT2D eigenvalue weighted by Gasteiger charge is 2.26. The summed E-state index contributed by atoms with van der Waals surface area (Å²) < 4.78 is 7.78. The van der Waals surface area contributed by atoms with Gasteiger partial charge in [0.2, 0.25) is 0 Å². The number of hydrogen-bond donors (Lipinski definition) is 1. The Morgan fingerprint density at radius 1 is 1.35 bits per heavy atom. The monoisotopic (exact) mass is 236 g/mol. The molecule has 0 saturated carbocycles. The molecule has 2 aliphatic heterocycles. The first-order chi connectivity index (χ1) is 8.38. The minimum Gasteiger partial charge on any atom is -0.396 e. The SMILES string of the molecule is OCC1CCn2c(cnc2C2CCOCC2)C1. The fourth-order valence-corrected chi connectivity index (χ4v) is 3.00. The van der Waals surface area contributed by atoms with Crippen molar-refractivity contribution in [3.8, 4) is 0 Å². The van der Waals surface area contributed by atoms with Crippen molar-refractivity contribution in [2.75, 3.05) is 19.8 Å². The molecule has 1 fully saturated rings. The third kappa shape index (κ3) is 2.11. The fourth-order valence-electron chi connectivity index (χ4n) is 3.00. The van der Waals surface area contributed by atoms with E-state index in [0.717, 1.165) is 45.4 Å². The van der Waals surface area contributed by atoms with Crippen LogP contribution in [0.5, 0.6) is 0 Å². The van der Waals surface area contributed by atoms with Gasteiger partial charge in [-0.25, -0.2) is 4.98 Å². The van der Waals surface area contributed by atoms with Gasteiger partial charge >= 0.3 is 0 Å². The van der Waals surface area contributed by atoms with Gasteiger partial charge < -0.3 is 14.4 Å². The van der Waals surface area contributed by atoms with Crippen LogP contribution in [0, 0.1) is 5.92 Å². The van der Waals surface area contributed by atoms with Crippen molar-refractivity contribution in [3.63, 3.8) is 0 Å². The van der Waals surface area contributed by atoms with Gasteiger partial charge in [-0.1, -0.05) is 0 Å². The van der Waals surface area contributed by atoms with Gasteiger partial charge in [-0.05, 0) is 31.6 Å². The number of aliphatic hydroxyl groups excluding tert-OH is 1. The van der Waals surface area contributed by atoms with Gasteiger partial charge in [0.1, 0.15) is 5.82 Å². The average Bonchev–Trinajstić information content (AvgIpc) is 2.82. The molecule has 17 heavy (non-hydrogen) atoms. The zero-order chi connectivity index (χ0) is 11.7. The summed E-state index contributed by atoms with van der Waals surface area (Å²) in [5.74, 6) is 2.25. The number of nitrogens with zero attached hydrogens (tertiary/aromatic N) is 2. The van der Waals surface area contributed by atoms with E-state index in [1.807, 2.05) is 6.20 Å². The summed E-state index contributed by atoms with van der Waals surface area (Å²) in [6, 6.07) is 0. The van der Waals surface area contributed by atoms with E-state index in [9.17, 15) is 5.11 Å². The van der Waals surface area contributed by atoms with E-state index < -0.39 is 0 Å². The van der Waals surface area contributed by atoms with Crippen LogP contribution in [0.2, 0.25) is 0 Å². The molecular weight excluding hydrogens is 216 g/mol. The molecule has 0 amide bonds. The smallest absolute Gasteiger partial charge is 0.112 e. The summed E-state index contributed by atoms with van der Waals surface area (Å²) in [5, 5.41) is 9.23. The number of aromatic nitrogens is 2. The molecule has 1 atom stereocenters. The molecule has 1 aromatic heterocycles. The number of rotatable bonds is 2. The minimum absolute atomic E-state index is 0.303. The quantitative estimate of drug-likeness (QED) is 0.842. The summed E-state index contributed by atoms with van der Waals surface area (Å²) in [4.78, 5) is 4.62. The lowest BCUT2D eigenvalue weighted by molar-refractivity contribution is 0.0824. The molecule has 0 aromatic carbocycles. The lowest BCUT2D eigenvalue weighted by Crippen LogP contribution is -2.25. The zero-order valence-corrected chi connectivity index (χ0v) is 10.1. The van der Waals surface area contributed by atoms with Crippen LogP contribution in [0.1, 0.15) is 36.7 Å². The Bertz CT molecular complexity index is 383. The van der Waals surface area contributed by atoms with Gasteiger partial charge in [0.05, 0.1) is 0 Å². The van der Waals surface area contributed by atoms with Crippen LogP contribution < -0.4 is 0 Å². The van der Waals surface area contributed by atoms with Gasteiger partial charge in [0, 0.05) is 44.2 Å². The van der Waals surface area contributed by atoms with E-state index in [-0.39, 0.29) is 0 Å². The summed E-state index contributed by atoms with van der Waals surface area (Å²) in [6.45, 7) is 3.06. The summed E-state index contributed by atoms with van der Waals surface area (Å²) >= 11 is 0. The Hall–Kier alpha value is -0.870. The Labute approximate surface area is 102 Å². The normalized spacial score (nSPS) is 25.8. The molecule has 4 nitrogen and oxygen atoms in total.